The summed E-state index contributed by atoms with van der Waals surface area (Å²) in [6.07, 6.45) is 0. The third kappa shape index (κ3) is 2.40. The molecule has 2 rings (SSSR count). The average molecular weight is 299 g/mol. The number of carbonyl (C=O) groups is 1. The van der Waals surface area contributed by atoms with Gasteiger partial charge in [0.05, 0.1) is 5.56 Å². The minimum atomic E-state index is -0.290. The first-order valence-corrected chi connectivity index (χ1v) is 6.09. The smallest absolute Gasteiger partial charge is 0.257 e. The van der Waals surface area contributed by atoms with Gasteiger partial charge >= 0.3 is 0 Å². The maximum atomic E-state index is 11.7. The second-order valence-electron chi connectivity index (χ2n) is 2.97. The quantitative estimate of drug-likeness (QED) is 0.838. The van der Waals surface area contributed by atoms with Gasteiger partial charge in [0.1, 0.15) is 4.60 Å². The Balaban J connectivity index is 2.21. The fourth-order valence-electron chi connectivity index (χ4n) is 1.09. The Morgan fingerprint density at radius 3 is 2.94 bits per heavy atom. The first-order chi connectivity index (χ1) is 7.66. The summed E-state index contributed by atoms with van der Waals surface area (Å²) in [6, 6.07) is 4.75. The summed E-state index contributed by atoms with van der Waals surface area (Å²) in [5, 5.41) is 15.6. The highest BCUT2D eigenvalue weighted by Crippen LogP contribution is 2.23. The lowest BCUT2D eigenvalue weighted by Crippen LogP contribution is -2.12. The molecule has 2 aromatic heterocycles. The second kappa shape index (κ2) is 4.63. The lowest BCUT2D eigenvalue weighted by atomic mass is 10.3. The number of thiophene rings is 1. The molecular weight excluding hydrogens is 292 g/mol. The van der Waals surface area contributed by atoms with E-state index in [0.717, 1.165) is 0 Å². The van der Waals surface area contributed by atoms with Crippen molar-refractivity contribution in [3.05, 3.63) is 39.1 Å². The van der Waals surface area contributed by atoms with Gasteiger partial charge in [0.2, 0.25) is 0 Å². The van der Waals surface area contributed by atoms with E-state index < -0.39 is 0 Å². The number of aromatic hydroxyl groups is 1. The standard InChI is InChI=1S/C10H7BrN2O2S/c11-8-2-1-7(14)9(12-8)13-10(15)6-3-4-16-5-6/h1-5,14H,(H,12,13,15). The molecule has 0 spiro atoms. The number of nitrogens with one attached hydrogen (secondary N) is 1. The van der Waals surface area contributed by atoms with Crippen LogP contribution in [0.4, 0.5) is 5.82 Å². The minimum absolute atomic E-state index is 0.0632. The summed E-state index contributed by atoms with van der Waals surface area (Å²) < 4.78 is 0.547. The number of pyridine rings is 1. The fourth-order valence-corrected chi connectivity index (χ4v) is 2.04. The zero-order valence-electron chi connectivity index (χ0n) is 7.98. The Hall–Kier alpha value is -1.40. The molecule has 0 unspecified atom stereocenters. The molecule has 0 radical (unpaired) electrons. The van der Waals surface area contributed by atoms with Crippen molar-refractivity contribution in [1.82, 2.24) is 4.98 Å². The van der Waals surface area contributed by atoms with Crippen molar-refractivity contribution in [3.8, 4) is 5.75 Å². The van der Waals surface area contributed by atoms with Crippen molar-refractivity contribution >= 4 is 39.0 Å². The molecule has 0 saturated carbocycles. The van der Waals surface area contributed by atoms with Crippen LogP contribution in [0.2, 0.25) is 0 Å². The normalized spacial score (nSPS) is 10.1. The van der Waals surface area contributed by atoms with Crippen LogP contribution in [0.25, 0.3) is 0 Å². The van der Waals surface area contributed by atoms with Gasteiger partial charge in [-0.25, -0.2) is 4.98 Å². The Bertz CT molecular complexity index is 514. The van der Waals surface area contributed by atoms with Crippen LogP contribution >= 0.6 is 27.3 Å². The van der Waals surface area contributed by atoms with Crippen molar-refractivity contribution in [3.63, 3.8) is 0 Å². The van der Waals surface area contributed by atoms with E-state index in [1.54, 1.807) is 17.5 Å². The number of carbonyl (C=O) groups excluding carboxylic acids is 1. The van der Waals surface area contributed by atoms with E-state index in [1.165, 1.54) is 17.4 Å². The number of anilines is 1. The highest BCUT2D eigenvalue weighted by molar-refractivity contribution is 9.10. The summed E-state index contributed by atoms with van der Waals surface area (Å²) in [7, 11) is 0. The maximum Gasteiger partial charge on any atom is 0.257 e. The maximum absolute atomic E-state index is 11.7. The molecule has 0 aliphatic rings. The minimum Gasteiger partial charge on any atom is -0.504 e. The zero-order valence-corrected chi connectivity index (χ0v) is 10.4. The number of hydrogen-bond acceptors (Lipinski definition) is 4. The highest BCUT2D eigenvalue weighted by atomic mass is 79.9. The Morgan fingerprint density at radius 1 is 1.44 bits per heavy atom. The van der Waals surface area contributed by atoms with E-state index >= 15 is 0 Å². The Labute approximate surface area is 104 Å². The van der Waals surface area contributed by atoms with E-state index in [2.05, 4.69) is 26.2 Å². The first-order valence-electron chi connectivity index (χ1n) is 4.36. The van der Waals surface area contributed by atoms with Crippen LogP contribution in [0.1, 0.15) is 10.4 Å². The molecule has 16 heavy (non-hydrogen) atoms. The van der Waals surface area contributed by atoms with Crippen LogP contribution in [-0.2, 0) is 0 Å². The summed E-state index contributed by atoms with van der Waals surface area (Å²) in [4.78, 5) is 15.6. The molecule has 0 aromatic carbocycles. The van der Waals surface area contributed by atoms with Gasteiger partial charge < -0.3 is 10.4 Å². The van der Waals surface area contributed by atoms with Gasteiger partial charge in [0, 0.05) is 5.38 Å². The van der Waals surface area contributed by atoms with Gasteiger partial charge in [-0.05, 0) is 39.5 Å². The largest absolute Gasteiger partial charge is 0.504 e. The first kappa shape index (κ1) is 11.1. The van der Waals surface area contributed by atoms with Crippen molar-refractivity contribution in [2.24, 2.45) is 0 Å². The molecule has 0 aliphatic heterocycles. The predicted octanol–water partition coefficient (Wildman–Crippen LogP) is 2.86. The Kier molecular flexibility index (Phi) is 3.21. The van der Waals surface area contributed by atoms with E-state index in [4.69, 9.17) is 0 Å². The van der Waals surface area contributed by atoms with Gasteiger partial charge in [-0.1, -0.05) is 0 Å². The number of amides is 1. The number of aromatic nitrogens is 1. The molecule has 6 heteroatoms. The Morgan fingerprint density at radius 2 is 2.25 bits per heavy atom. The van der Waals surface area contributed by atoms with Crippen LogP contribution in [0.5, 0.6) is 5.75 Å². The molecule has 0 atom stereocenters. The van der Waals surface area contributed by atoms with E-state index in [1.807, 2.05) is 5.38 Å². The topological polar surface area (TPSA) is 62.2 Å². The molecule has 0 aliphatic carbocycles. The molecule has 4 nitrogen and oxygen atoms in total. The van der Waals surface area contributed by atoms with Gasteiger partial charge in [0.15, 0.2) is 11.6 Å². The second-order valence-corrected chi connectivity index (χ2v) is 4.56. The number of nitrogens with zero attached hydrogens (tertiary/aromatic N) is 1. The molecule has 0 bridgehead atoms. The number of hydrogen-bond donors (Lipinski definition) is 2. The SMILES string of the molecule is O=C(Nc1nc(Br)ccc1O)c1ccsc1. The molecule has 0 fully saturated rings. The monoisotopic (exact) mass is 298 g/mol. The third-order valence-electron chi connectivity index (χ3n) is 1.86. The molecule has 2 aromatic rings. The molecule has 1 amide bonds. The molecule has 0 saturated heterocycles. The summed E-state index contributed by atoms with van der Waals surface area (Å²) in [5.74, 6) is -0.209. The van der Waals surface area contributed by atoms with Crippen LogP contribution in [0, 0.1) is 0 Å². The van der Waals surface area contributed by atoms with Gasteiger partial charge in [-0.3, -0.25) is 4.79 Å². The average Bonchev–Trinajstić information content (AvgIpc) is 2.76. The van der Waals surface area contributed by atoms with Crippen molar-refractivity contribution in [2.75, 3.05) is 5.32 Å². The van der Waals surface area contributed by atoms with Gasteiger partial charge in [0.25, 0.3) is 5.91 Å². The van der Waals surface area contributed by atoms with Crippen molar-refractivity contribution in [2.45, 2.75) is 0 Å². The molecule has 82 valence electrons. The van der Waals surface area contributed by atoms with Crippen LogP contribution in [0.15, 0.2) is 33.6 Å². The summed E-state index contributed by atoms with van der Waals surface area (Å²) >= 11 is 4.60. The fraction of sp³-hybridized carbons (Fsp3) is 0. The zero-order chi connectivity index (χ0) is 11.5. The summed E-state index contributed by atoms with van der Waals surface area (Å²) in [6.45, 7) is 0. The van der Waals surface area contributed by atoms with Gasteiger partial charge in [-0.15, -0.1) is 0 Å². The predicted molar refractivity (Wildman–Crippen MR) is 65.9 cm³/mol. The molecule has 2 N–H and O–H groups in total. The lowest BCUT2D eigenvalue weighted by molar-refractivity contribution is 0.102. The van der Waals surface area contributed by atoms with Crippen molar-refractivity contribution < 1.29 is 9.90 Å². The van der Waals surface area contributed by atoms with E-state index in [0.29, 0.717) is 10.2 Å². The number of rotatable bonds is 2. The third-order valence-corrected chi connectivity index (χ3v) is 2.98. The van der Waals surface area contributed by atoms with Crippen molar-refractivity contribution in [1.29, 1.82) is 0 Å². The van der Waals surface area contributed by atoms with Crippen LogP contribution in [-0.4, -0.2) is 16.0 Å². The van der Waals surface area contributed by atoms with E-state index in [-0.39, 0.29) is 17.5 Å². The molecular formula is C10H7BrN2O2S. The summed E-state index contributed by atoms with van der Waals surface area (Å²) in [5.41, 5.74) is 0.547. The highest BCUT2D eigenvalue weighted by Gasteiger charge is 2.10. The van der Waals surface area contributed by atoms with Gasteiger partial charge in [-0.2, -0.15) is 11.3 Å². The van der Waals surface area contributed by atoms with Crippen LogP contribution < -0.4 is 5.32 Å². The lowest BCUT2D eigenvalue weighted by Gasteiger charge is -2.05. The van der Waals surface area contributed by atoms with E-state index in [9.17, 15) is 9.90 Å². The van der Waals surface area contributed by atoms with Crippen LogP contribution in [0.3, 0.4) is 0 Å². The number of halogens is 1. The molecule has 2 heterocycles.